The number of aromatic nitrogens is 1. The van der Waals surface area contributed by atoms with Gasteiger partial charge in [-0.25, -0.2) is 4.79 Å². The van der Waals surface area contributed by atoms with E-state index in [1.165, 1.54) is 0 Å². The number of carbonyl (C=O) groups is 2. The minimum absolute atomic E-state index is 0.234. The van der Waals surface area contributed by atoms with E-state index in [0.717, 1.165) is 53.2 Å². The number of Topliss-reactive ketones (excluding diaryl/α,β-unsaturated/α-hetero) is 1. The van der Waals surface area contributed by atoms with E-state index in [-0.39, 0.29) is 11.5 Å². The molecule has 0 aliphatic carbocycles. The first-order chi connectivity index (χ1) is 20.2. The van der Waals surface area contributed by atoms with E-state index < -0.39 is 6.03 Å². The SMILES string of the molecule is CCn1c(C)c(C=C2Oc3ccc(NC(=O)Nc4ccc(N(C)CCN(C)C)cc4)cc3C2=O)c2cc(OC)ccc21. The molecule has 1 aromatic heterocycles. The number of benzene rings is 3. The number of nitrogens with one attached hydrogen (secondary N) is 2. The molecule has 3 aromatic carbocycles. The predicted molar refractivity (Wildman–Crippen MR) is 169 cm³/mol. The quantitative estimate of drug-likeness (QED) is 0.233. The number of aryl methyl sites for hydroxylation is 1. The van der Waals surface area contributed by atoms with Gasteiger partial charge in [-0.2, -0.15) is 0 Å². The van der Waals surface area contributed by atoms with E-state index in [4.69, 9.17) is 9.47 Å². The molecule has 1 aliphatic heterocycles. The summed E-state index contributed by atoms with van der Waals surface area (Å²) >= 11 is 0. The Balaban J connectivity index is 1.29. The van der Waals surface area contributed by atoms with Crippen LogP contribution in [0.2, 0.25) is 0 Å². The molecule has 2 amide bonds. The molecule has 2 heterocycles. The van der Waals surface area contributed by atoms with E-state index in [1.54, 1.807) is 31.4 Å². The van der Waals surface area contributed by atoms with E-state index in [2.05, 4.69) is 31.9 Å². The largest absolute Gasteiger partial charge is 0.497 e. The minimum atomic E-state index is -0.400. The molecule has 9 heteroatoms. The van der Waals surface area contributed by atoms with Gasteiger partial charge in [0.25, 0.3) is 0 Å². The van der Waals surface area contributed by atoms with E-state index >= 15 is 0 Å². The van der Waals surface area contributed by atoms with Crippen molar-refractivity contribution in [1.29, 1.82) is 0 Å². The zero-order chi connectivity index (χ0) is 30.0. The lowest BCUT2D eigenvalue weighted by atomic mass is 10.1. The van der Waals surface area contributed by atoms with Gasteiger partial charge in [0.1, 0.15) is 11.5 Å². The molecule has 42 heavy (non-hydrogen) atoms. The molecule has 0 unspecified atom stereocenters. The van der Waals surface area contributed by atoms with Gasteiger partial charge in [-0.15, -0.1) is 0 Å². The van der Waals surface area contributed by atoms with Crippen LogP contribution in [0, 0.1) is 6.92 Å². The molecule has 4 aromatic rings. The van der Waals surface area contributed by atoms with Crippen molar-refractivity contribution in [2.24, 2.45) is 0 Å². The fraction of sp³-hybridized carbons (Fsp3) is 0.273. The average Bonchev–Trinajstić information content (AvgIpc) is 3.43. The van der Waals surface area contributed by atoms with E-state index in [9.17, 15) is 9.59 Å². The van der Waals surface area contributed by atoms with Crippen molar-refractivity contribution < 1.29 is 19.1 Å². The van der Waals surface area contributed by atoms with Gasteiger partial charge in [-0.05, 0) is 94.7 Å². The number of anilines is 3. The molecule has 2 N–H and O–H groups in total. The molecular formula is C33H37N5O4. The number of nitrogens with zero attached hydrogens (tertiary/aromatic N) is 3. The fourth-order valence-electron chi connectivity index (χ4n) is 5.17. The summed E-state index contributed by atoms with van der Waals surface area (Å²) in [6.45, 7) is 6.76. The molecule has 0 saturated carbocycles. The Morgan fingerprint density at radius 1 is 0.976 bits per heavy atom. The molecule has 1 aliphatic rings. The maximum Gasteiger partial charge on any atom is 0.323 e. The van der Waals surface area contributed by atoms with Crippen LogP contribution in [0.4, 0.5) is 21.9 Å². The highest BCUT2D eigenvalue weighted by Crippen LogP contribution is 2.36. The van der Waals surface area contributed by atoms with Crippen LogP contribution in [0.5, 0.6) is 11.5 Å². The Kier molecular flexibility index (Phi) is 8.22. The van der Waals surface area contributed by atoms with E-state index in [1.807, 2.05) is 70.5 Å². The molecule has 0 fully saturated rings. The number of carbonyl (C=O) groups excluding carboxylic acids is 2. The summed E-state index contributed by atoms with van der Waals surface area (Å²) in [7, 11) is 7.77. The third kappa shape index (κ3) is 5.82. The van der Waals surface area contributed by atoms with Crippen LogP contribution in [0.25, 0.3) is 17.0 Å². The predicted octanol–water partition coefficient (Wildman–Crippen LogP) is 6.24. The van der Waals surface area contributed by atoms with Crippen molar-refractivity contribution in [3.8, 4) is 11.5 Å². The Morgan fingerprint density at radius 3 is 2.38 bits per heavy atom. The smallest absolute Gasteiger partial charge is 0.323 e. The summed E-state index contributed by atoms with van der Waals surface area (Å²) in [6.07, 6.45) is 1.80. The number of amides is 2. The van der Waals surface area contributed by atoms with Crippen molar-refractivity contribution >= 4 is 45.9 Å². The van der Waals surface area contributed by atoms with Gasteiger partial charge in [0.2, 0.25) is 5.78 Å². The zero-order valence-corrected chi connectivity index (χ0v) is 24.9. The summed E-state index contributed by atoms with van der Waals surface area (Å²) in [6, 6.07) is 18.3. The van der Waals surface area contributed by atoms with Gasteiger partial charge in [0.15, 0.2) is 5.76 Å². The molecule has 0 atom stereocenters. The van der Waals surface area contributed by atoms with Crippen LogP contribution in [0.1, 0.15) is 28.5 Å². The standard InChI is InChI=1S/C33H37N5O4/c1-7-38-21(2)26(27-19-25(41-6)13-14-29(27)38)20-31-32(39)28-18-23(10-15-30(28)42-31)35-33(40)34-22-8-11-24(12-9-22)37(5)17-16-36(3)4/h8-15,18-20H,7,16-17H2,1-6H3,(H2,34,35,40). The number of hydrogen-bond donors (Lipinski definition) is 2. The molecule has 0 bridgehead atoms. The van der Waals surface area contributed by atoms with Crippen molar-refractivity contribution in [2.75, 3.05) is 56.9 Å². The number of hydrogen-bond acceptors (Lipinski definition) is 6. The Morgan fingerprint density at radius 2 is 1.69 bits per heavy atom. The zero-order valence-electron chi connectivity index (χ0n) is 24.9. The van der Waals surface area contributed by atoms with Crippen LogP contribution >= 0.6 is 0 Å². The van der Waals surface area contributed by atoms with Gasteiger partial charge < -0.3 is 34.5 Å². The lowest BCUT2D eigenvalue weighted by Gasteiger charge is -2.21. The number of likely N-dealkylation sites (N-methyl/N-ethyl adjacent to an activating group) is 2. The van der Waals surface area contributed by atoms with Crippen LogP contribution in [0.3, 0.4) is 0 Å². The second kappa shape index (κ2) is 12.0. The number of fused-ring (bicyclic) bond motifs is 2. The van der Waals surface area contributed by atoms with Crippen molar-refractivity contribution in [3.05, 3.63) is 83.2 Å². The highest BCUT2D eigenvalue weighted by atomic mass is 16.5. The number of urea groups is 1. The number of ether oxygens (including phenoxy) is 2. The summed E-state index contributed by atoms with van der Waals surface area (Å²) < 4.78 is 13.6. The normalized spacial score (nSPS) is 13.4. The second-order valence-corrected chi connectivity index (χ2v) is 10.6. The summed E-state index contributed by atoms with van der Waals surface area (Å²) in [5, 5.41) is 6.66. The lowest BCUT2D eigenvalue weighted by molar-refractivity contribution is 0.101. The maximum absolute atomic E-state index is 13.4. The van der Waals surface area contributed by atoms with Gasteiger partial charge in [0.05, 0.1) is 12.7 Å². The van der Waals surface area contributed by atoms with Crippen molar-refractivity contribution in [1.82, 2.24) is 9.47 Å². The second-order valence-electron chi connectivity index (χ2n) is 10.6. The summed E-state index contributed by atoms with van der Waals surface area (Å²) in [5.74, 6) is 1.21. The molecule has 5 rings (SSSR count). The number of ketones is 1. The molecule has 0 radical (unpaired) electrons. The lowest BCUT2D eigenvalue weighted by Crippen LogP contribution is -2.28. The van der Waals surface area contributed by atoms with Crippen LogP contribution in [0.15, 0.2) is 66.4 Å². The molecular weight excluding hydrogens is 530 g/mol. The molecule has 218 valence electrons. The van der Waals surface area contributed by atoms with Gasteiger partial charge in [-0.1, -0.05) is 0 Å². The Bertz CT molecular complexity index is 1670. The van der Waals surface area contributed by atoms with Gasteiger partial charge in [0, 0.05) is 65.9 Å². The Labute approximate surface area is 246 Å². The summed E-state index contributed by atoms with van der Waals surface area (Å²) in [5.41, 5.74) is 5.64. The molecule has 9 nitrogen and oxygen atoms in total. The van der Waals surface area contributed by atoms with Crippen molar-refractivity contribution in [3.63, 3.8) is 0 Å². The monoisotopic (exact) mass is 567 g/mol. The third-order valence-electron chi connectivity index (χ3n) is 7.55. The third-order valence-corrected chi connectivity index (χ3v) is 7.55. The van der Waals surface area contributed by atoms with Crippen molar-refractivity contribution in [2.45, 2.75) is 20.4 Å². The Hall–Kier alpha value is -4.76. The van der Waals surface area contributed by atoms with Gasteiger partial charge in [-0.3, -0.25) is 4.79 Å². The van der Waals surface area contributed by atoms with Crippen LogP contribution in [-0.2, 0) is 6.54 Å². The maximum atomic E-state index is 13.4. The molecule has 0 spiro atoms. The van der Waals surface area contributed by atoms with Crippen LogP contribution in [-0.4, -0.2) is 62.6 Å². The minimum Gasteiger partial charge on any atom is -0.497 e. The fourth-order valence-corrected chi connectivity index (χ4v) is 5.17. The van der Waals surface area contributed by atoms with E-state index in [0.29, 0.717) is 22.7 Å². The van der Waals surface area contributed by atoms with Gasteiger partial charge >= 0.3 is 6.03 Å². The number of methoxy groups -OCH3 is 1. The topological polar surface area (TPSA) is 88.1 Å². The highest BCUT2D eigenvalue weighted by molar-refractivity contribution is 6.16. The number of allylic oxidation sites excluding steroid dienone is 1. The highest BCUT2D eigenvalue weighted by Gasteiger charge is 2.29. The number of rotatable bonds is 9. The molecule has 0 saturated heterocycles. The first kappa shape index (κ1) is 28.8. The summed E-state index contributed by atoms with van der Waals surface area (Å²) in [4.78, 5) is 30.4. The van der Waals surface area contributed by atoms with Crippen LogP contribution < -0.4 is 25.0 Å². The first-order valence-electron chi connectivity index (χ1n) is 14.0. The average molecular weight is 568 g/mol. The first-order valence-corrected chi connectivity index (χ1v) is 14.0.